The molecule has 0 saturated heterocycles. The fraction of sp³-hybridized carbons (Fsp3) is 0.118. The van der Waals surface area contributed by atoms with Crippen molar-refractivity contribution in [3.63, 3.8) is 0 Å². The molecule has 3 heteroatoms. The summed E-state index contributed by atoms with van der Waals surface area (Å²) in [6.07, 6.45) is 4.80. The smallest absolute Gasteiger partial charge is 0.161 e. The number of ether oxygens (including phenoxy) is 2. The molecule has 0 unspecified atom stereocenters. The molecule has 0 atom stereocenters. The highest BCUT2D eigenvalue weighted by Crippen LogP contribution is 2.28. The SMILES string of the molecule is COc1ccc(/C=C/c2ccc(C=O)cc2)cc1OC. The van der Waals surface area contributed by atoms with E-state index in [2.05, 4.69) is 0 Å². The van der Waals surface area contributed by atoms with Crippen LogP contribution in [-0.2, 0) is 0 Å². The van der Waals surface area contributed by atoms with Gasteiger partial charge in [-0.15, -0.1) is 0 Å². The minimum Gasteiger partial charge on any atom is -0.493 e. The molecule has 0 bridgehead atoms. The van der Waals surface area contributed by atoms with Crippen molar-refractivity contribution in [2.45, 2.75) is 0 Å². The molecule has 20 heavy (non-hydrogen) atoms. The average Bonchev–Trinajstić information content (AvgIpc) is 2.53. The van der Waals surface area contributed by atoms with E-state index in [0.29, 0.717) is 17.1 Å². The van der Waals surface area contributed by atoms with Crippen molar-refractivity contribution in [3.8, 4) is 11.5 Å². The number of hydrogen-bond acceptors (Lipinski definition) is 3. The van der Waals surface area contributed by atoms with Gasteiger partial charge in [-0.2, -0.15) is 0 Å². The lowest BCUT2D eigenvalue weighted by molar-refractivity contribution is 0.112. The Morgan fingerprint density at radius 1 is 0.750 bits per heavy atom. The van der Waals surface area contributed by atoms with Gasteiger partial charge < -0.3 is 9.47 Å². The molecule has 0 aromatic heterocycles. The Balaban J connectivity index is 2.19. The van der Waals surface area contributed by atoms with Crippen molar-refractivity contribution in [2.75, 3.05) is 14.2 Å². The van der Waals surface area contributed by atoms with Crippen molar-refractivity contribution >= 4 is 18.4 Å². The average molecular weight is 268 g/mol. The van der Waals surface area contributed by atoms with E-state index in [1.807, 2.05) is 42.5 Å². The summed E-state index contributed by atoms with van der Waals surface area (Å²) in [6.45, 7) is 0. The fourth-order valence-electron chi connectivity index (χ4n) is 1.83. The first-order valence-corrected chi connectivity index (χ1v) is 6.22. The van der Waals surface area contributed by atoms with E-state index in [1.165, 1.54) is 0 Å². The highest BCUT2D eigenvalue weighted by molar-refractivity contribution is 5.77. The summed E-state index contributed by atoms with van der Waals surface area (Å²) in [5.41, 5.74) is 2.72. The van der Waals surface area contributed by atoms with E-state index >= 15 is 0 Å². The molecule has 0 amide bonds. The molecule has 2 aromatic rings. The van der Waals surface area contributed by atoms with E-state index in [-0.39, 0.29) is 0 Å². The predicted octanol–water partition coefficient (Wildman–Crippen LogP) is 3.69. The first-order chi connectivity index (χ1) is 9.76. The maximum absolute atomic E-state index is 10.6. The summed E-state index contributed by atoms with van der Waals surface area (Å²) in [4.78, 5) is 10.6. The number of hydrogen-bond donors (Lipinski definition) is 0. The van der Waals surface area contributed by atoms with Crippen LogP contribution in [0.4, 0.5) is 0 Å². The molecule has 2 aromatic carbocycles. The van der Waals surface area contributed by atoms with Crippen LogP contribution < -0.4 is 9.47 Å². The Hall–Kier alpha value is -2.55. The topological polar surface area (TPSA) is 35.5 Å². The molecular formula is C17H16O3. The number of methoxy groups -OCH3 is 2. The number of aldehydes is 1. The van der Waals surface area contributed by atoms with Crippen LogP contribution in [0.1, 0.15) is 21.5 Å². The monoisotopic (exact) mass is 268 g/mol. The van der Waals surface area contributed by atoms with E-state index < -0.39 is 0 Å². The Kier molecular flexibility index (Phi) is 4.56. The third kappa shape index (κ3) is 3.26. The molecule has 3 nitrogen and oxygen atoms in total. The maximum atomic E-state index is 10.6. The molecule has 0 saturated carbocycles. The summed E-state index contributed by atoms with van der Waals surface area (Å²) in [7, 11) is 3.23. The third-order valence-electron chi connectivity index (χ3n) is 2.95. The van der Waals surface area contributed by atoms with Crippen LogP contribution in [0.25, 0.3) is 12.2 Å². The van der Waals surface area contributed by atoms with Crippen LogP contribution in [0.2, 0.25) is 0 Å². The Morgan fingerprint density at radius 2 is 1.30 bits per heavy atom. The highest BCUT2D eigenvalue weighted by atomic mass is 16.5. The van der Waals surface area contributed by atoms with Gasteiger partial charge in [-0.05, 0) is 23.3 Å². The molecule has 0 radical (unpaired) electrons. The van der Waals surface area contributed by atoms with Crippen molar-refractivity contribution in [3.05, 3.63) is 59.2 Å². The minimum absolute atomic E-state index is 0.674. The first-order valence-electron chi connectivity index (χ1n) is 6.22. The predicted molar refractivity (Wildman–Crippen MR) is 80.3 cm³/mol. The van der Waals surface area contributed by atoms with Crippen molar-refractivity contribution in [2.24, 2.45) is 0 Å². The molecule has 0 aliphatic carbocycles. The molecule has 102 valence electrons. The number of carbonyl (C=O) groups excluding carboxylic acids is 1. The quantitative estimate of drug-likeness (QED) is 0.613. The minimum atomic E-state index is 0.674. The Bertz CT molecular complexity index is 613. The van der Waals surface area contributed by atoms with E-state index in [0.717, 1.165) is 17.4 Å². The molecule has 2 rings (SSSR count). The van der Waals surface area contributed by atoms with E-state index in [9.17, 15) is 4.79 Å². The van der Waals surface area contributed by atoms with Crippen molar-refractivity contribution < 1.29 is 14.3 Å². The van der Waals surface area contributed by atoms with Crippen LogP contribution in [0, 0.1) is 0 Å². The van der Waals surface area contributed by atoms with Gasteiger partial charge in [0.05, 0.1) is 14.2 Å². The summed E-state index contributed by atoms with van der Waals surface area (Å²) in [6, 6.07) is 13.1. The van der Waals surface area contributed by atoms with Gasteiger partial charge in [-0.25, -0.2) is 0 Å². The van der Waals surface area contributed by atoms with Gasteiger partial charge in [0.2, 0.25) is 0 Å². The first kappa shape index (κ1) is 13.9. The Morgan fingerprint density at radius 3 is 1.90 bits per heavy atom. The molecule has 0 aliphatic heterocycles. The van der Waals surface area contributed by atoms with E-state index in [1.54, 1.807) is 26.4 Å². The van der Waals surface area contributed by atoms with Gasteiger partial charge in [-0.3, -0.25) is 4.79 Å². The molecule has 0 spiro atoms. The maximum Gasteiger partial charge on any atom is 0.161 e. The molecule has 0 aliphatic rings. The number of benzene rings is 2. The van der Waals surface area contributed by atoms with Crippen molar-refractivity contribution in [1.29, 1.82) is 0 Å². The highest BCUT2D eigenvalue weighted by Gasteiger charge is 2.02. The zero-order valence-corrected chi connectivity index (χ0v) is 11.5. The largest absolute Gasteiger partial charge is 0.493 e. The van der Waals surface area contributed by atoms with Gasteiger partial charge in [0.15, 0.2) is 11.5 Å². The third-order valence-corrected chi connectivity index (χ3v) is 2.95. The second-order valence-electron chi connectivity index (χ2n) is 4.23. The van der Waals surface area contributed by atoms with Gasteiger partial charge in [0.25, 0.3) is 0 Å². The lowest BCUT2D eigenvalue weighted by Gasteiger charge is -2.07. The summed E-state index contributed by atoms with van der Waals surface area (Å²) in [5, 5.41) is 0. The summed E-state index contributed by atoms with van der Waals surface area (Å²) >= 11 is 0. The lowest BCUT2D eigenvalue weighted by Crippen LogP contribution is -1.90. The van der Waals surface area contributed by atoms with Crippen LogP contribution >= 0.6 is 0 Å². The molecule has 0 N–H and O–H groups in total. The molecule has 0 heterocycles. The van der Waals surface area contributed by atoms with Crippen LogP contribution in [0.15, 0.2) is 42.5 Å². The second-order valence-corrected chi connectivity index (χ2v) is 4.23. The summed E-state index contributed by atoms with van der Waals surface area (Å²) in [5.74, 6) is 1.41. The van der Waals surface area contributed by atoms with E-state index in [4.69, 9.17) is 9.47 Å². The van der Waals surface area contributed by atoms with Crippen LogP contribution in [-0.4, -0.2) is 20.5 Å². The molecular weight excluding hydrogens is 252 g/mol. The summed E-state index contributed by atoms with van der Waals surface area (Å²) < 4.78 is 10.5. The van der Waals surface area contributed by atoms with Crippen molar-refractivity contribution in [1.82, 2.24) is 0 Å². The number of rotatable bonds is 5. The van der Waals surface area contributed by atoms with Gasteiger partial charge in [-0.1, -0.05) is 42.5 Å². The fourth-order valence-corrected chi connectivity index (χ4v) is 1.83. The van der Waals surface area contributed by atoms with Crippen LogP contribution in [0.5, 0.6) is 11.5 Å². The zero-order chi connectivity index (χ0) is 14.4. The normalized spacial score (nSPS) is 10.5. The lowest BCUT2D eigenvalue weighted by atomic mass is 10.1. The molecule has 0 fully saturated rings. The van der Waals surface area contributed by atoms with Gasteiger partial charge in [0.1, 0.15) is 6.29 Å². The zero-order valence-electron chi connectivity index (χ0n) is 11.5. The standard InChI is InChI=1S/C17H16O3/c1-19-16-10-9-14(11-17(16)20-2)6-3-13-4-7-15(12-18)8-5-13/h3-12H,1-2H3/b6-3+. The van der Waals surface area contributed by atoms with Gasteiger partial charge >= 0.3 is 0 Å². The number of carbonyl (C=O) groups is 1. The van der Waals surface area contributed by atoms with Gasteiger partial charge in [0, 0.05) is 5.56 Å². The Labute approximate surface area is 118 Å². The second kappa shape index (κ2) is 6.57. The van der Waals surface area contributed by atoms with Crippen LogP contribution in [0.3, 0.4) is 0 Å².